The maximum atomic E-state index is 13.0. The van der Waals surface area contributed by atoms with Crippen LogP contribution in [-0.2, 0) is 16.2 Å². The van der Waals surface area contributed by atoms with Crippen LogP contribution in [0.4, 0.5) is 4.79 Å². The second-order valence-corrected chi connectivity index (χ2v) is 10.8. The maximum absolute atomic E-state index is 13.0. The van der Waals surface area contributed by atoms with Gasteiger partial charge < -0.3 is 14.4 Å². The smallest absolute Gasteiger partial charge is 0.294 e. The molecule has 202 valence electrons. The number of ether oxygens (including phenoxy) is 2. The van der Waals surface area contributed by atoms with Crippen LogP contribution in [0.2, 0.25) is 5.02 Å². The predicted octanol–water partition coefficient (Wildman–Crippen LogP) is 6.52. The minimum Gasteiger partial charge on any atom is -0.490 e. The van der Waals surface area contributed by atoms with E-state index in [1.165, 1.54) is 0 Å². The molecule has 3 amide bonds. The number of carbonyl (C=O) groups excluding carboxylic acids is 3. The molecule has 39 heavy (non-hydrogen) atoms. The van der Waals surface area contributed by atoms with E-state index < -0.39 is 11.1 Å². The molecule has 0 saturated carbocycles. The average molecular weight is 565 g/mol. The summed E-state index contributed by atoms with van der Waals surface area (Å²) < 4.78 is 11.9. The fourth-order valence-corrected chi connectivity index (χ4v) is 5.84. The summed E-state index contributed by atoms with van der Waals surface area (Å²) in [6.45, 7) is 3.64. The first-order chi connectivity index (χ1) is 18.9. The summed E-state index contributed by atoms with van der Waals surface area (Å²) >= 11 is 7.43. The van der Waals surface area contributed by atoms with Crippen molar-refractivity contribution in [2.24, 2.45) is 0 Å². The number of hydrogen-bond acceptors (Lipinski definition) is 6. The number of likely N-dealkylation sites (tertiary alicyclic amines) is 1. The summed E-state index contributed by atoms with van der Waals surface area (Å²) in [5.74, 6) is 0.162. The molecule has 9 heteroatoms. The van der Waals surface area contributed by atoms with Crippen molar-refractivity contribution in [2.75, 3.05) is 26.2 Å². The van der Waals surface area contributed by atoms with E-state index in [-0.39, 0.29) is 17.4 Å². The summed E-state index contributed by atoms with van der Waals surface area (Å²) in [7, 11) is 0. The van der Waals surface area contributed by atoms with Crippen molar-refractivity contribution in [2.45, 2.75) is 32.8 Å². The average Bonchev–Trinajstić information content (AvgIpc) is 3.20. The van der Waals surface area contributed by atoms with Crippen LogP contribution in [0.15, 0.2) is 59.5 Å². The molecular weight excluding hydrogens is 536 g/mol. The molecule has 0 bridgehead atoms. The molecule has 0 unspecified atom stereocenters. The van der Waals surface area contributed by atoms with E-state index in [1.54, 1.807) is 23.1 Å². The van der Waals surface area contributed by atoms with Gasteiger partial charge in [-0.1, -0.05) is 48.0 Å². The third-order valence-electron chi connectivity index (χ3n) is 6.70. The van der Waals surface area contributed by atoms with Gasteiger partial charge in [0, 0.05) is 13.1 Å². The van der Waals surface area contributed by atoms with Crippen molar-refractivity contribution < 1.29 is 23.9 Å². The quantitative estimate of drug-likeness (QED) is 0.290. The van der Waals surface area contributed by atoms with Gasteiger partial charge in [-0.2, -0.15) is 0 Å². The molecule has 7 nitrogen and oxygen atoms in total. The SMILES string of the molecule is CCOc1cc(/C=C2\SC(=O)N(CC(=O)N3CCCCC3)C2=O)cc(Cl)c1OCc1ccc2ccccc2c1. The minimum atomic E-state index is -0.485. The Morgan fingerprint density at radius 3 is 2.54 bits per heavy atom. The van der Waals surface area contributed by atoms with E-state index >= 15 is 0 Å². The Kier molecular flexibility index (Phi) is 8.43. The zero-order chi connectivity index (χ0) is 27.4. The Morgan fingerprint density at radius 2 is 1.77 bits per heavy atom. The highest BCUT2D eigenvalue weighted by Gasteiger charge is 2.37. The third-order valence-corrected chi connectivity index (χ3v) is 7.89. The molecule has 2 fully saturated rings. The number of rotatable bonds is 8. The number of carbonyl (C=O) groups is 3. The number of nitrogens with zero attached hydrogens (tertiary/aromatic N) is 2. The number of imide groups is 1. The van der Waals surface area contributed by atoms with Crippen LogP contribution in [0.25, 0.3) is 16.8 Å². The lowest BCUT2D eigenvalue weighted by atomic mass is 10.1. The Balaban J connectivity index is 1.32. The van der Waals surface area contributed by atoms with E-state index in [0.29, 0.717) is 48.4 Å². The van der Waals surface area contributed by atoms with Crippen molar-refractivity contribution in [3.8, 4) is 11.5 Å². The minimum absolute atomic E-state index is 0.201. The monoisotopic (exact) mass is 564 g/mol. The first kappa shape index (κ1) is 27.1. The van der Waals surface area contributed by atoms with Crippen LogP contribution >= 0.6 is 23.4 Å². The van der Waals surface area contributed by atoms with E-state index in [9.17, 15) is 14.4 Å². The Bertz CT molecular complexity index is 1450. The van der Waals surface area contributed by atoms with E-state index in [0.717, 1.165) is 52.3 Å². The Morgan fingerprint density at radius 1 is 1.00 bits per heavy atom. The number of thioether (sulfide) groups is 1. The van der Waals surface area contributed by atoms with E-state index in [1.807, 2.05) is 25.1 Å². The van der Waals surface area contributed by atoms with Gasteiger partial charge in [0.15, 0.2) is 11.5 Å². The molecule has 0 spiro atoms. The van der Waals surface area contributed by atoms with Gasteiger partial charge >= 0.3 is 0 Å². The van der Waals surface area contributed by atoms with Crippen molar-refractivity contribution in [1.29, 1.82) is 0 Å². The van der Waals surface area contributed by atoms with E-state index in [2.05, 4.69) is 24.3 Å². The first-order valence-electron chi connectivity index (χ1n) is 13.0. The van der Waals surface area contributed by atoms with Crippen LogP contribution in [0, 0.1) is 0 Å². The molecule has 5 rings (SSSR count). The Hall–Kier alpha value is -3.49. The van der Waals surface area contributed by atoms with Gasteiger partial charge in [-0.25, -0.2) is 0 Å². The number of hydrogen-bond donors (Lipinski definition) is 0. The number of amides is 3. The fourth-order valence-electron chi connectivity index (χ4n) is 4.72. The molecule has 0 atom stereocenters. The van der Waals surface area contributed by atoms with Gasteiger partial charge in [-0.05, 0) is 84.1 Å². The first-order valence-corrected chi connectivity index (χ1v) is 14.2. The van der Waals surface area contributed by atoms with Gasteiger partial charge in [-0.15, -0.1) is 0 Å². The van der Waals surface area contributed by atoms with Gasteiger partial charge in [0.1, 0.15) is 13.2 Å². The number of fused-ring (bicyclic) bond motifs is 1. The van der Waals surface area contributed by atoms with Crippen LogP contribution in [0.5, 0.6) is 11.5 Å². The number of halogens is 1. The van der Waals surface area contributed by atoms with Gasteiger partial charge in [-0.3, -0.25) is 19.3 Å². The second-order valence-electron chi connectivity index (χ2n) is 9.44. The second kappa shape index (κ2) is 12.1. The molecule has 0 aromatic heterocycles. The zero-order valence-electron chi connectivity index (χ0n) is 21.7. The lowest BCUT2D eigenvalue weighted by Gasteiger charge is -2.27. The maximum Gasteiger partial charge on any atom is 0.294 e. The highest BCUT2D eigenvalue weighted by atomic mass is 35.5. The molecule has 2 heterocycles. The molecule has 2 aliphatic rings. The van der Waals surface area contributed by atoms with Crippen LogP contribution in [0.1, 0.15) is 37.3 Å². The largest absolute Gasteiger partial charge is 0.490 e. The Labute approximate surface area is 236 Å². The molecule has 0 N–H and O–H groups in total. The highest BCUT2D eigenvalue weighted by molar-refractivity contribution is 8.18. The lowest BCUT2D eigenvalue weighted by molar-refractivity contribution is -0.136. The summed E-state index contributed by atoms with van der Waals surface area (Å²) in [5, 5.41) is 2.14. The topological polar surface area (TPSA) is 76.2 Å². The normalized spacial score (nSPS) is 16.8. The molecule has 2 aliphatic heterocycles. The molecule has 0 aliphatic carbocycles. The molecule has 3 aromatic rings. The van der Waals surface area contributed by atoms with Gasteiger partial charge in [0.2, 0.25) is 5.91 Å². The molecule has 3 aromatic carbocycles. The molecule has 2 saturated heterocycles. The van der Waals surface area contributed by atoms with E-state index in [4.69, 9.17) is 21.1 Å². The fraction of sp³-hybridized carbons (Fsp3) is 0.300. The van der Waals surface area contributed by atoms with Crippen molar-refractivity contribution >= 4 is 57.3 Å². The number of piperidine rings is 1. The highest BCUT2D eigenvalue weighted by Crippen LogP contribution is 2.39. The van der Waals surface area contributed by atoms with Gasteiger partial charge in [0.05, 0.1) is 16.5 Å². The summed E-state index contributed by atoms with van der Waals surface area (Å²) in [4.78, 5) is 41.2. The lowest BCUT2D eigenvalue weighted by Crippen LogP contribution is -2.44. The van der Waals surface area contributed by atoms with Crippen LogP contribution < -0.4 is 9.47 Å². The zero-order valence-corrected chi connectivity index (χ0v) is 23.2. The van der Waals surface area contributed by atoms with Gasteiger partial charge in [0.25, 0.3) is 11.1 Å². The van der Waals surface area contributed by atoms with Crippen molar-refractivity contribution in [3.05, 3.63) is 75.7 Å². The summed E-state index contributed by atoms with van der Waals surface area (Å²) in [6.07, 6.45) is 4.57. The molecule has 0 radical (unpaired) electrons. The predicted molar refractivity (Wildman–Crippen MR) is 154 cm³/mol. The molecular formula is C30H29ClN2O5S. The third kappa shape index (κ3) is 6.23. The van der Waals surface area contributed by atoms with Crippen LogP contribution in [0.3, 0.4) is 0 Å². The van der Waals surface area contributed by atoms with Crippen molar-refractivity contribution in [1.82, 2.24) is 9.80 Å². The summed E-state index contributed by atoms with van der Waals surface area (Å²) in [5.41, 5.74) is 1.58. The van der Waals surface area contributed by atoms with Crippen LogP contribution in [-0.4, -0.2) is 53.1 Å². The summed E-state index contributed by atoms with van der Waals surface area (Å²) in [6, 6.07) is 17.7. The number of benzene rings is 3. The van der Waals surface area contributed by atoms with Crippen molar-refractivity contribution in [3.63, 3.8) is 0 Å². The standard InChI is InChI=1S/C30H29ClN2O5S/c1-2-37-25-16-21(15-24(31)28(25)38-19-20-10-11-22-8-4-5-9-23(22)14-20)17-26-29(35)33(30(36)39-26)18-27(34)32-12-6-3-7-13-32/h4-5,8-11,14-17H,2-3,6-7,12-13,18-19H2,1H3/b26-17-.